The molecule has 1 aliphatic heterocycles. The molecule has 1 heterocycles. The van der Waals surface area contributed by atoms with Crippen LogP contribution in [0.15, 0.2) is 30.3 Å². The van der Waals surface area contributed by atoms with E-state index in [1.807, 2.05) is 37.3 Å². The van der Waals surface area contributed by atoms with Gasteiger partial charge in [-0.3, -0.25) is 0 Å². The van der Waals surface area contributed by atoms with Gasteiger partial charge in [0.15, 0.2) is 0 Å². The van der Waals surface area contributed by atoms with Gasteiger partial charge in [0, 0.05) is 0 Å². The van der Waals surface area contributed by atoms with Crippen LogP contribution in [0.4, 0.5) is 0 Å². The van der Waals surface area contributed by atoms with E-state index in [1.54, 1.807) is 0 Å². The maximum Gasteiger partial charge on any atom is 0.0853 e. The Labute approximate surface area is 102 Å². The molecule has 1 fully saturated rings. The molecule has 2 unspecified atom stereocenters. The number of aliphatic hydroxyl groups is 1. The monoisotopic (exact) mass is 236 g/mol. The Hall–Kier alpha value is -0.900. The van der Waals surface area contributed by atoms with Crippen molar-refractivity contribution in [2.45, 2.75) is 38.1 Å². The Bertz CT molecular complexity index is 325. The van der Waals surface area contributed by atoms with Gasteiger partial charge in [0.2, 0.25) is 0 Å². The summed E-state index contributed by atoms with van der Waals surface area (Å²) in [7, 11) is 0. The number of benzene rings is 1. The molecule has 2 atom stereocenters. The maximum atomic E-state index is 9.73. The number of hydrogen-bond acceptors (Lipinski definition) is 3. The molecule has 0 amide bonds. The van der Waals surface area contributed by atoms with Gasteiger partial charge >= 0.3 is 0 Å². The van der Waals surface area contributed by atoms with Crippen LogP contribution in [0, 0.1) is 0 Å². The zero-order valence-corrected chi connectivity index (χ0v) is 10.3. The molecule has 94 valence electrons. The van der Waals surface area contributed by atoms with Crippen molar-refractivity contribution in [3.8, 4) is 0 Å². The van der Waals surface area contributed by atoms with Crippen LogP contribution in [-0.4, -0.2) is 30.0 Å². The van der Waals surface area contributed by atoms with E-state index in [9.17, 15) is 5.11 Å². The van der Waals surface area contributed by atoms with E-state index in [0.29, 0.717) is 19.8 Å². The summed E-state index contributed by atoms with van der Waals surface area (Å²) < 4.78 is 11.2. The Kier molecular flexibility index (Phi) is 4.15. The Morgan fingerprint density at radius 3 is 2.82 bits per heavy atom. The van der Waals surface area contributed by atoms with Gasteiger partial charge in [0.25, 0.3) is 0 Å². The summed E-state index contributed by atoms with van der Waals surface area (Å²) in [6.07, 6.45) is 1.77. The van der Waals surface area contributed by atoms with Gasteiger partial charge < -0.3 is 14.6 Å². The van der Waals surface area contributed by atoms with Crippen molar-refractivity contribution >= 4 is 0 Å². The highest BCUT2D eigenvalue weighted by molar-refractivity contribution is 5.13. The lowest BCUT2D eigenvalue weighted by molar-refractivity contribution is -0.129. The Morgan fingerprint density at radius 1 is 1.41 bits per heavy atom. The zero-order valence-electron chi connectivity index (χ0n) is 10.3. The third kappa shape index (κ3) is 4.11. The summed E-state index contributed by atoms with van der Waals surface area (Å²) in [6.45, 7) is 3.45. The fourth-order valence-electron chi connectivity index (χ4n) is 1.94. The molecule has 1 aliphatic rings. The standard InChI is InChI=1S/C14H20O3/c1-14(15)8-7-13(17-11-14)10-16-9-12-5-3-2-4-6-12/h2-6,13,15H,7-11H2,1H3. The summed E-state index contributed by atoms with van der Waals surface area (Å²) in [6, 6.07) is 10.1. The minimum Gasteiger partial charge on any atom is -0.388 e. The maximum absolute atomic E-state index is 9.73. The van der Waals surface area contributed by atoms with E-state index in [2.05, 4.69) is 0 Å². The Morgan fingerprint density at radius 2 is 2.18 bits per heavy atom. The lowest BCUT2D eigenvalue weighted by Crippen LogP contribution is -2.40. The number of ether oxygens (including phenoxy) is 2. The molecule has 2 rings (SSSR count). The minimum atomic E-state index is -0.657. The van der Waals surface area contributed by atoms with Gasteiger partial charge in [-0.15, -0.1) is 0 Å². The van der Waals surface area contributed by atoms with Crippen molar-refractivity contribution in [3.63, 3.8) is 0 Å². The van der Waals surface area contributed by atoms with Crippen LogP contribution in [0.3, 0.4) is 0 Å². The number of rotatable bonds is 4. The topological polar surface area (TPSA) is 38.7 Å². The molecule has 17 heavy (non-hydrogen) atoms. The fraction of sp³-hybridized carbons (Fsp3) is 0.571. The molecule has 0 aliphatic carbocycles. The van der Waals surface area contributed by atoms with Crippen molar-refractivity contribution < 1.29 is 14.6 Å². The first-order chi connectivity index (χ1) is 8.16. The molecule has 0 spiro atoms. The zero-order chi connectivity index (χ0) is 12.1. The molecule has 1 aromatic carbocycles. The van der Waals surface area contributed by atoms with Crippen molar-refractivity contribution in [1.82, 2.24) is 0 Å². The molecule has 0 saturated carbocycles. The molecule has 3 heteroatoms. The summed E-state index contributed by atoms with van der Waals surface area (Å²) >= 11 is 0. The van der Waals surface area contributed by atoms with Crippen LogP contribution in [0.25, 0.3) is 0 Å². The molecule has 1 N–H and O–H groups in total. The second-order valence-electron chi connectivity index (χ2n) is 4.97. The van der Waals surface area contributed by atoms with Crippen LogP contribution in [0.1, 0.15) is 25.3 Å². The fourth-order valence-corrected chi connectivity index (χ4v) is 1.94. The van der Waals surface area contributed by atoms with Crippen LogP contribution in [0.5, 0.6) is 0 Å². The summed E-state index contributed by atoms with van der Waals surface area (Å²) in [5.74, 6) is 0. The average Bonchev–Trinajstić information content (AvgIpc) is 2.33. The van der Waals surface area contributed by atoms with Gasteiger partial charge in [0.05, 0.1) is 31.5 Å². The van der Waals surface area contributed by atoms with E-state index < -0.39 is 5.60 Å². The predicted octanol–water partition coefficient (Wildman–Crippen LogP) is 2.13. The molecule has 1 aromatic rings. The first kappa shape index (κ1) is 12.6. The summed E-state index contributed by atoms with van der Waals surface area (Å²) in [5, 5.41) is 9.73. The number of hydrogen-bond donors (Lipinski definition) is 1. The largest absolute Gasteiger partial charge is 0.388 e. The third-order valence-corrected chi connectivity index (χ3v) is 3.05. The average molecular weight is 236 g/mol. The van der Waals surface area contributed by atoms with Crippen LogP contribution in [0.2, 0.25) is 0 Å². The van der Waals surface area contributed by atoms with Gasteiger partial charge in [-0.2, -0.15) is 0 Å². The van der Waals surface area contributed by atoms with E-state index in [0.717, 1.165) is 12.8 Å². The van der Waals surface area contributed by atoms with E-state index in [4.69, 9.17) is 9.47 Å². The quantitative estimate of drug-likeness (QED) is 0.870. The minimum absolute atomic E-state index is 0.124. The van der Waals surface area contributed by atoms with Crippen molar-refractivity contribution in [2.24, 2.45) is 0 Å². The molecule has 3 nitrogen and oxygen atoms in total. The first-order valence-corrected chi connectivity index (χ1v) is 6.11. The summed E-state index contributed by atoms with van der Waals surface area (Å²) in [4.78, 5) is 0. The lowest BCUT2D eigenvalue weighted by atomic mass is 9.96. The molecule has 0 aromatic heterocycles. The molecular formula is C14H20O3. The second-order valence-corrected chi connectivity index (χ2v) is 4.97. The predicted molar refractivity (Wildman–Crippen MR) is 65.7 cm³/mol. The van der Waals surface area contributed by atoms with Gasteiger partial charge in [-0.1, -0.05) is 30.3 Å². The highest BCUT2D eigenvalue weighted by Gasteiger charge is 2.29. The third-order valence-electron chi connectivity index (χ3n) is 3.05. The van der Waals surface area contributed by atoms with Crippen molar-refractivity contribution in [1.29, 1.82) is 0 Å². The molecular weight excluding hydrogens is 216 g/mol. The summed E-state index contributed by atoms with van der Waals surface area (Å²) in [5.41, 5.74) is 0.519. The first-order valence-electron chi connectivity index (χ1n) is 6.11. The lowest BCUT2D eigenvalue weighted by Gasteiger charge is -2.33. The molecule has 0 radical (unpaired) electrons. The van der Waals surface area contributed by atoms with E-state index >= 15 is 0 Å². The van der Waals surface area contributed by atoms with Crippen LogP contribution >= 0.6 is 0 Å². The van der Waals surface area contributed by atoms with E-state index in [1.165, 1.54) is 5.56 Å². The van der Waals surface area contributed by atoms with Crippen LogP contribution in [-0.2, 0) is 16.1 Å². The highest BCUT2D eigenvalue weighted by Crippen LogP contribution is 2.22. The molecule has 1 saturated heterocycles. The van der Waals surface area contributed by atoms with Crippen molar-refractivity contribution in [3.05, 3.63) is 35.9 Å². The van der Waals surface area contributed by atoms with Crippen LogP contribution < -0.4 is 0 Å². The van der Waals surface area contributed by atoms with Gasteiger partial charge in [-0.05, 0) is 25.3 Å². The van der Waals surface area contributed by atoms with Crippen molar-refractivity contribution in [2.75, 3.05) is 13.2 Å². The smallest absolute Gasteiger partial charge is 0.0853 e. The van der Waals surface area contributed by atoms with E-state index in [-0.39, 0.29) is 6.10 Å². The highest BCUT2D eigenvalue weighted by atomic mass is 16.5. The second kappa shape index (κ2) is 5.63. The normalized spacial score (nSPS) is 29.2. The van der Waals surface area contributed by atoms with Gasteiger partial charge in [0.1, 0.15) is 0 Å². The molecule has 0 bridgehead atoms. The van der Waals surface area contributed by atoms with Gasteiger partial charge in [-0.25, -0.2) is 0 Å². The SMILES string of the molecule is CC1(O)CCC(COCc2ccccc2)OC1. The Balaban J connectivity index is 1.67.